The largest absolute Gasteiger partial charge is 0.383 e. The molecule has 0 fully saturated rings. The molecule has 9 heteroatoms. The fourth-order valence-corrected chi connectivity index (χ4v) is 3.87. The first kappa shape index (κ1) is 23.4. The number of benzene rings is 3. The monoisotopic (exact) mass is 461 g/mol. The molecule has 0 bridgehead atoms. The molecule has 0 unspecified atom stereocenters. The molecular formula is C23H21F2NO5S. The van der Waals surface area contributed by atoms with Crippen molar-refractivity contribution in [3.8, 4) is 5.75 Å². The van der Waals surface area contributed by atoms with Crippen LogP contribution in [0.4, 0.5) is 8.78 Å². The Bertz CT molecular complexity index is 1180. The standard InChI is InChI=1S/C23H21F2NO5S/c1-30-13-12-26(23(27)18-5-3-6-20(25)15-18)16-17-4-2-7-21(14-17)31-32(28,29)22-10-8-19(24)9-11-22/h2-11,14-15H,12-13,16H2,1H3. The van der Waals surface area contributed by atoms with Gasteiger partial charge in [0.15, 0.2) is 0 Å². The lowest BCUT2D eigenvalue weighted by Crippen LogP contribution is -2.33. The summed E-state index contributed by atoms with van der Waals surface area (Å²) in [6.45, 7) is 0.619. The maximum absolute atomic E-state index is 13.6. The van der Waals surface area contributed by atoms with Crippen molar-refractivity contribution in [1.82, 2.24) is 4.90 Å². The number of hydrogen-bond acceptors (Lipinski definition) is 5. The van der Waals surface area contributed by atoms with Crippen LogP contribution in [0.5, 0.6) is 5.75 Å². The summed E-state index contributed by atoms with van der Waals surface area (Å²) in [5, 5.41) is 0. The molecule has 0 saturated carbocycles. The van der Waals surface area contributed by atoms with Crippen LogP contribution in [0.1, 0.15) is 15.9 Å². The van der Waals surface area contributed by atoms with Gasteiger partial charge in [0.25, 0.3) is 5.91 Å². The van der Waals surface area contributed by atoms with Crippen LogP contribution in [0.3, 0.4) is 0 Å². The molecule has 0 N–H and O–H groups in total. The number of carbonyl (C=O) groups is 1. The highest BCUT2D eigenvalue weighted by Gasteiger charge is 2.19. The Hall–Kier alpha value is -3.30. The Morgan fingerprint density at radius 3 is 2.34 bits per heavy atom. The lowest BCUT2D eigenvalue weighted by Gasteiger charge is -2.23. The smallest absolute Gasteiger partial charge is 0.339 e. The Labute approximate surface area is 185 Å². The van der Waals surface area contributed by atoms with Gasteiger partial charge in [-0.25, -0.2) is 8.78 Å². The highest BCUT2D eigenvalue weighted by Crippen LogP contribution is 2.21. The molecule has 0 aliphatic heterocycles. The van der Waals surface area contributed by atoms with Crippen molar-refractivity contribution in [1.29, 1.82) is 0 Å². The van der Waals surface area contributed by atoms with Crippen molar-refractivity contribution in [2.45, 2.75) is 11.4 Å². The summed E-state index contributed by atoms with van der Waals surface area (Å²) >= 11 is 0. The van der Waals surface area contributed by atoms with Crippen LogP contribution < -0.4 is 4.18 Å². The maximum atomic E-state index is 13.6. The van der Waals surface area contributed by atoms with Crippen molar-refractivity contribution in [2.24, 2.45) is 0 Å². The normalized spacial score (nSPS) is 11.2. The summed E-state index contributed by atoms with van der Waals surface area (Å²) in [6.07, 6.45) is 0. The number of methoxy groups -OCH3 is 1. The van der Waals surface area contributed by atoms with Crippen LogP contribution >= 0.6 is 0 Å². The average Bonchev–Trinajstić information content (AvgIpc) is 2.76. The highest BCUT2D eigenvalue weighted by atomic mass is 32.2. The van der Waals surface area contributed by atoms with Gasteiger partial charge < -0.3 is 13.8 Å². The van der Waals surface area contributed by atoms with E-state index in [1.54, 1.807) is 12.1 Å². The molecule has 0 spiro atoms. The van der Waals surface area contributed by atoms with Crippen molar-refractivity contribution >= 4 is 16.0 Å². The molecule has 0 aliphatic carbocycles. The van der Waals surface area contributed by atoms with Gasteiger partial charge >= 0.3 is 10.1 Å². The number of halogens is 2. The lowest BCUT2D eigenvalue weighted by molar-refractivity contribution is 0.0680. The number of amides is 1. The van der Waals surface area contributed by atoms with Crippen molar-refractivity contribution in [3.05, 3.63) is 95.6 Å². The zero-order valence-corrected chi connectivity index (χ0v) is 18.0. The predicted octanol–water partition coefficient (Wildman–Crippen LogP) is 4.02. The summed E-state index contributed by atoms with van der Waals surface area (Å²) in [5.74, 6) is -1.45. The van der Waals surface area contributed by atoms with Crippen molar-refractivity contribution in [2.75, 3.05) is 20.3 Å². The highest BCUT2D eigenvalue weighted by molar-refractivity contribution is 7.87. The molecule has 0 radical (unpaired) electrons. The number of rotatable bonds is 9. The van der Waals surface area contributed by atoms with Gasteiger partial charge in [-0.05, 0) is 60.2 Å². The van der Waals surface area contributed by atoms with Crippen LogP contribution in [0.15, 0.2) is 77.7 Å². The van der Waals surface area contributed by atoms with Crippen LogP contribution in [-0.4, -0.2) is 39.5 Å². The second-order valence-corrected chi connectivity index (χ2v) is 8.41. The topological polar surface area (TPSA) is 72.9 Å². The number of hydrogen-bond donors (Lipinski definition) is 0. The molecule has 0 atom stereocenters. The zero-order chi connectivity index (χ0) is 23.1. The van der Waals surface area contributed by atoms with Gasteiger partial charge in [-0.2, -0.15) is 8.42 Å². The molecule has 6 nitrogen and oxygen atoms in total. The van der Waals surface area contributed by atoms with E-state index in [0.717, 1.165) is 30.3 Å². The molecule has 168 valence electrons. The van der Waals surface area contributed by atoms with E-state index in [2.05, 4.69) is 0 Å². The molecule has 3 rings (SSSR count). The predicted molar refractivity (Wildman–Crippen MR) is 114 cm³/mol. The van der Waals surface area contributed by atoms with Crippen LogP contribution in [0.2, 0.25) is 0 Å². The maximum Gasteiger partial charge on any atom is 0.339 e. The minimum Gasteiger partial charge on any atom is -0.383 e. The summed E-state index contributed by atoms with van der Waals surface area (Å²) < 4.78 is 61.8. The first-order chi connectivity index (χ1) is 15.3. The molecule has 0 aliphatic rings. The van der Waals surface area contributed by atoms with E-state index in [9.17, 15) is 22.0 Å². The van der Waals surface area contributed by atoms with Crippen LogP contribution in [0.25, 0.3) is 0 Å². The summed E-state index contributed by atoms with van der Waals surface area (Å²) in [4.78, 5) is 14.2. The fourth-order valence-electron chi connectivity index (χ4n) is 2.95. The zero-order valence-electron chi connectivity index (χ0n) is 17.2. The molecule has 3 aromatic carbocycles. The molecule has 0 heterocycles. The number of ether oxygens (including phenoxy) is 1. The molecule has 1 amide bonds. The lowest BCUT2D eigenvalue weighted by atomic mass is 10.1. The molecular weight excluding hydrogens is 440 g/mol. The Morgan fingerprint density at radius 1 is 0.938 bits per heavy atom. The van der Waals surface area contributed by atoms with Crippen LogP contribution in [0, 0.1) is 11.6 Å². The molecule has 0 saturated heterocycles. The third kappa shape index (κ3) is 6.12. The van der Waals surface area contributed by atoms with Crippen LogP contribution in [-0.2, 0) is 21.4 Å². The second kappa shape index (κ2) is 10.3. The van der Waals surface area contributed by atoms with Gasteiger partial charge in [0.1, 0.15) is 22.3 Å². The van der Waals surface area contributed by atoms with Gasteiger partial charge in [0, 0.05) is 25.8 Å². The van der Waals surface area contributed by atoms with E-state index in [1.807, 2.05) is 0 Å². The van der Waals surface area contributed by atoms with Crippen molar-refractivity contribution < 1.29 is 30.9 Å². The number of carbonyl (C=O) groups excluding carboxylic acids is 1. The summed E-state index contributed by atoms with van der Waals surface area (Å²) in [5.41, 5.74) is 0.782. The van der Waals surface area contributed by atoms with Gasteiger partial charge in [0.05, 0.1) is 6.61 Å². The van der Waals surface area contributed by atoms with Gasteiger partial charge in [-0.3, -0.25) is 4.79 Å². The fraction of sp³-hybridized carbons (Fsp3) is 0.174. The van der Waals surface area contributed by atoms with E-state index in [-0.39, 0.29) is 35.9 Å². The second-order valence-electron chi connectivity index (χ2n) is 6.87. The molecule has 32 heavy (non-hydrogen) atoms. The van der Waals surface area contributed by atoms with Gasteiger partial charge in [-0.15, -0.1) is 0 Å². The van der Waals surface area contributed by atoms with E-state index in [1.165, 1.54) is 42.3 Å². The minimum absolute atomic E-state index is 0.0386. The Balaban J connectivity index is 1.80. The quantitative estimate of drug-likeness (QED) is 0.450. The van der Waals surface area contributed by atoms with E-state index >= 15 is 0 Å². The van der Waals surface area contributed by atoms with Gasteiger partial charge in [0.2, 0.25) is 0 Å². The third-order valence-electron chi connectivity index (χ3n) is 4.50. The summed E-state index contributed by atoms with van der Waals surface area (Å²) in [6, 6.07) is 15.9. The first-order valence-electron chi connectivity index (χ1n) is 9.61. The van der Waals surface area contributed by atoms with Crippen molar-refractivity contribution in [3.63, 3.8) is 0 Å². The first-order valence-corrected chi connectivity index (χ1v) is 11.0. The SMILES string of the molecule is COCCN(Cc1cccc(OS(=O)(=O)c2ccc(F)cc2)c1)C(=O)c1cccc(F)c1. The molecule has 3 aromatic rings. The number of nitrogens with zero attached hydrogens (tertiary/aromatic N) is 1. The van der Waals surface area contributed by atoms with E-state index in [4.69, 9.17) is 8.92 Å². The Morgan fingerprint density at radius 2 is 1.66 bits per heavy atom. The molecule has 0 aromatic heterocycles. The van der Waals surface area contributed by atoms with Gasteiger partial charge in [-0.1, -0.05) is 18.2 Å². The Kier molecular flexibility index (Phi) is 7.55. The third-order valence-corrected chi connectivity index (χ3v) is 5.77. The van der Waals surface area contributed by atoms with E-state index < -0.39 is 27.7 Å². The summed E-state index contributed by atoms with van der Waals surface area (Å²) in [7, 11) is -2.66. The minimum atomic E-state index is -4.16. The van der Waals surface area contributed by atoms with E-state index in [0.29, 0.717) is 5.56 Å². The average molecular weight is 461 g/mol.